The highest BCUT2D eigenvalue weighted by Crippen LogP contribution is 2.33. The van der Waals surface area contributed by atoms with Crippen molar-refractivity contribution in [3.63, 3.8) is 0 Å². The highest BCUT2D eigenvalue weighted by atomic mass is 35.5. The molecule has 4 aromatic rings. The van der Waals surface area contributed by atoms with Gasteiger partial charge in [-0.25, -0.2) is 13.4 Å². The minimum absolute atomic E-state index is 0.0276. The summed E-state index contributed by atoms with van der Waals surface area (Å²) in [5.74, 6) is -0.111. The van der Waals surface area contributed by atoms with Crippen molar-refractivity contribution in [2.24, 2.45) is 5.92 Å². The number of ether oxygens (including phenoxy) is 1. The third-order valence-electron chi connectivity index (χ3n) is 7.62. The van der Waals surface area contributed by atoms with Gasteiger partial charge in [0.2, 0.25) is 10.0 Å². The van der Waals surface area contributed by atoms with Crippen LogP contribution < -0.4 is 4.74 Å². The summed E-state index contributed by atoms with van der Waals surface area (Å²) in [4.78, 5) is 12.6. The van der Waals surface area contributed by atoms with Crippen molar-refractivity contribution in [3.8, 4) is 28.4 Å². The average molecular weight is 569 g/mol. The van der Waals surface area contributed by atoms with Gasteiger partial charge in [0, 0.05) is 37.6 Å². The molecule has 1 saturated carbocycles. The number of nitrogens with one attached hydrogen (secondary N) is 1. The number of hydrogen-bond donors (Lipinski definition) is 3. The van der Waals surface area contributed by atoms with Gasteiger partial charge >= 0.3 is 0 Å². The molecule has 9 nitrogen and oxygen atoms in total. The van der Waals surface area contributed by atoms with E-state index in [9.17, 15) is 18.6 Å². The Morgan fingerprint density at radius 3 is 2.28 bits per heavy atom. The molecular formula is C28H29ClN4O5S. The Hall–Kier alpha value is -3.02. The van der Waals surface area contributed by atoms with Gasteiger partial charge in [-0.15, -0.1) is 0 Å². The molecule has 2 aliphatic rings. The van der Waals surface area contributed by atoms with Crippen molar-refractivity contribution in [3.05, 3.63) is 59.6 Å². The van der Waals surface area contributed by atoms with E-state index in [4.69, 9.17) is 16.3 Å². The Balaban J connectivity index is 1.19. The first-order valence-electron chi connectivity index (χ1n) is 13.0. The van der Waals surface area contributed by atoms with Crippen LogP contribution in [0.3, 0.4) is 0 Å². The molecular weight excluding hydrogens is 540 g/mol. The van der Waals surface area contributed by atoms with Crippen LogP contribution in [-0.2, 0) is 10.0 Å². The van der Waals surface area contributed by atoms with E-state index in [2.05, 4.69) is 15.0 Å². The molecule has 1 aliphatic heterocycles. The Bertz CT molecular complexity index is 1590. The number of imidazole rings is 1. The van der Waals surface area contributed by atoms with Crippen LogP contribution in [0, 0.1) is 5.92 Å². The summed E-state index contributed by atoms with van der Waals surface area (Å²) in [6, 6.07) is 16.8. The number of benzene rings is 2. The topological polar surface area (TPSA) is 129 Å². The second-order valence-corrected chi connectivity index (χ2v) is 12.5. The predicted molar refractivity (Wildman–Crippen MR) is 148 cm³/mol. The van der Waals surface area contributed by atoms with Crippen LogP contribution >= 0.6 is 11.6 Å². The molecule has 0 unspecified atom stereocenters. The number of aliphatic hydroxyl groups excluding tert-OH is 2. The predicted octanol–water partition coefficient (Wildman–Crippen LogP) is 4.24. The number of aliphatic hydroxyl groups is 2. The minimum atomic E-state index is -3.41. The van der Waals surface area contributed by atoms with E-state index in [1.807, 2.05) is 36.4 Å². The molecule has 0 amide bonds. The maximum absolute atomic E-state index is 12.6. The zero-order valence-electron chi connectivity index (χ0n) is 21.1. The molecule has 11 heteroatoms. The number of sulfonamides is 1. The second kappa shape index (κ2) is 10.5. The lowest BCUT2D eigenvalue weighted by Crippen LogP contribution is -2.41. The fourth-order valence-electron chi connectivity index (χ4n) is 5.12. The van der Waals surface area contributed by atoms with Crippen LogP contribution in [0.5, 0.6) is 6.01 Å². The zero-order valence-corrected chi connectivity index (χ0v) is 22.7. The zero-order chi connectivity index (χ0) is 27.1. The van der Waals surface area contributed by atoms with Gasteiger partial charge in [-0.1, -0.05) is 48.0 Å². The summed E-state index contributed by atoms with van der Waals surface area (Å²) < 4.78 is 32.7. The van der Waals surface area contributed by atoms with Crippen molar-refractivity contribution in [1.82, 2.24) is 19.3 Å². The number of H-pyrrole nitrogens is 1. The number of rotatable bonds is 7. The lowest BCUT2D eigenvalue weighted by atomic mass is 9.85. The third-order valence-corrected chi connectivity index (χ3v) is 9.83. The summed E-state index contributed by atoms with van der Waals surface area (Å²) in [6.07, 6.45) is 1.96. The van der Waals surface area contributed by atoms with Gasteiger partial charge in [0.05, 0.1) is 27.2 Å². The number of hydrogen-bond acceptors (Lipinski definition) is 7. The van der Waals surface area contributed by atoms with E-state index in [-0.39, 0.29) is 18.6 Å². The summed E-state index contributed by atoms with van der Waals surface area (Å²) >= 11 is 6.58. The highest BCUT2D eigenvalue weighted by Gasteiger charge is 2.31. The first-order valence-corrected chi connectivity index (χ1v) is 14.9. The van der Waals surface area contributed by atoms with Crippen molar-refractivity contribution in [2.75, 3.05) is 19.7 Å². The molecule has 2 aromatic heterocycles. The highest BCUT2D eigenvalue weighted by molar-refractivity contribution is 7.89. The molecule has 2 aromatic carbocycles. The fraction of sp³-hybridized carbons (Fsp3) is 0.357. The van der Waals surface area contributed by atoms with Gasteiger partial charge in [0.1, 0.15) is 6.10 Å². The SMILES string of the molecule is O=S(=O)(c1ccc(-c2ccc(-c3nc4nc(O[C@H]5CC[C@H](CO)[C@@H](O)C5)[nH]c4cc3Cl)cc2)cc1)N1CCC1. The molecule has 1 aliphatic carbocycles. The van der Waals surface area contributed by atoms with Gasteiger partial charge < -0.3 is 19.9 Å². The van der Waals surface area contributed by atoms with E-state index in [0.717, 1.165) is 29.5 Å². The van der Waals surface area contributed by atoms with Crippen molar-refractivity contribution in [2.45, 2.75) is 42.8 Å². The van der Waals surface area contributed by atoms with Gasteiger partial charge in [-0.3, -0.25) is 0 Å². The Kier molecular flexibility index (Phi) is 7.07. The first kappa shape index (κ1) is 26.2. The van der Waals surface area contributed by atoms with Crippen molar-refractivity contribution in [1.29, 1.82) is 0 Å². The van der Waals surface area contributed by atoms with Crippen LogP contribution in [0.25, 0.3) is 33.5 Å². The van der Waals surface area contributed by atoms with E-state index in [1.54, 1.807) is 18.2 Å². The van der Waals surface area contributed by atoms with Crippen LogP contribution in [-0.4, -0.2) is 69.8 Å². The quantitative estimate of drug-likeness (QED) is 0.304. The summed E-state index contributed by atoms with van der Waals surface area (Å²) in [6.45, 7) is 1.13. The Morgan fingerprint density at radius 2 is 1.67 bits per heavy atom. The molecule has 204 valence electrons. The fourth-order valence-corrected chi connectivity index (χ4v) is 6.90. The van der Waals surface area contributed by atoms with Gasteiger partial charge in [0.15, 0.2) is 5.65 Å². The van der Waals surface area contributed by atoms with Crippen molar-refractivity contribution >= 4 is 32.8 Å². The largest absolute Gasteiger partial charge is 0.461 e. The maximum Gasteiger partial charge on any atom is 0.296 e. The number of aromatic amines is 1. The lowest BCUT2D eigenvalue weighted by Gasteiger charge is -2.31. The molecule has 39 heavy (non-hydrogen) atoms. The van der Waals surface area contributed by atoms with Crippen LogP contribution in [0.1, 0.15) is 25.7 Å². The number of halogens is 1. The summed E-state index contributed by atoms with van der Waals surface area (Å²) in [7, 11) is -3.41. The molecule has 0 spiro atoms. The maximum atomic E-state index is 12.6. The number of aromatic nitrogens is 3. The molecule has 0 bridgehead atoms. The molecule has 1 saturated heterocycles. The molecule has 0 radical (unpaired) electrons. The lowest BCUT2D eigenvalue weighted by molar-refractivity contribution is -0.0113. The molecule has 3 N–H and O–H groups in total. The van der Waals surface area contributed by atoms with E-state index in [0.29, 0.717) is 58.7 Å². The smallest absolute Gasteiger partial charge is 0.296 e. The summed E-state index contributed by atoms with van der Waals surface area (Å²) in [5.41, 5.74) is 4.37. The normalized spacial score (nSPS) is 22.1. The van der Waals surface area contributed by atoms with Crippen LogP contribution in [0.4, 0.5) is 0 Å². The van der Waals surface area contributed by atoms with E-state index >= 15 is 0 Å². The van der Waals surface area contributed by atoms with Crippen LogP contribution in [0.15, 0.2) is 59.5 Å². The monoisotopic (exact) mass is 568 g/mol. The number of nitrogens with zero attached hydrogens (tertiary/aromatic N) is 3. The van der Waals surface area contributed by atoms with E-state index < -0.39 is 16.1 Å². The Labute approximate surface area is 231 Å². The Morgan fingerprint density at radius 1 is 1.00 bits per heavy atom. The van der Waals surface area contributed by atoms with Gasteiger partial charge in [0.25, 0.3) is 6.01 Å². The van der Waals surface area contributed by atoms with Gasteiger partial charge in [-0.05, 0) is 48.6 Å². The first-order chi connectivity index (χ1) is 18.8. The number of pyridine rings is 1. The van der Waals surface area contributed by atoms with Crippen molar-refractivity contribution < 1.29 is 23.4 Å². The minimum Gasteiger partial charge on any atom is -0.461 e. The number of fused-ring (bicyclic) bond motifs is 1. The molecule has 6 rings (SSSR count). The standard InChI is InChI=1S/C28H29ClN4O5S/c29-23-15-24-27(32-28(30-24)38-21-9-6-20(16-34)25(35)14-21)31-26(23)19-4-2-17(3-5-19)18-7-10-22(11-8-18)39(36,37)33-12-1-13-33/h2-5,7-8,10-11,15,20-21,25,34-35H,1,6,9,12-14,16H2,(H,30,31,32)/t20-,21+,25+/m1/s1. The van der Waals surface area contributed by atoms with E-state index in [1.165, 1.54) is 4.31 Å². The molecule has 3 heterocycles. The van der Waals surface area contributed by atoms with Gasteiger partial charge in [-0.2, -0.15) is 9.29 Å². The molecule has 2 fully saturated rings. The average Bonchev–Trinajstić information content (AvgIpc) is 3.28. The third kappa shape index (κ3) is 5.15. The molecule has 3 atom stereocenters. The van der Waals surface area contributed by atoms with Crippen LogP contribution in [0.2, 0.25) is 5.02 Å². The second-order valence-electron chi connectivity index (χ2n) is 10.2. The summed E-state index contributed by atoms with van der Waals surface area (Å²) in [5, 5.41) is 20.0.